The number of alkyl halides is 3. The van der Waals surface area contributed by atoms with Gasteiger partial charge in [0, 0.05) is 25.1 Å². The molecular weight excluding hydrogens is 415 g/mol. The second kappa shape index (κ2) is 9.43. The Labute approximate surface area is 177 Å². The van der Waals surface area contributed by atoms with Gasteiger partial charge >= 0.3 is 6.18 Å². The highest BCUT2D eigenvalue weighted by atomic mass is 35.5. The summed E-state index contributed by atoms with van der Waals surface area (Å²) in [6.45, 7) is 1.42. The molecule has 1 aliphatic heterocycles. The molecule has 0 spiro atoms. The maximum absolute atomic E-state index is 13.0. The fourth-order valence-corrected chi connectivity index (χ4v) is 3.42. The second-order valence-corrected chi connectivity index (χ2v) is 7.50. The molecule has 0 aromatic heterocycles. The van der Waals surface area contributed by atoms with Crippen LogP contribution in [0.5, 0.6) is 0 Å². The highest BCUT2D eigenvalue weighted by Gasteiger charge is 2.35. The van der Waals surface area contributed by atoms with E-state index < -0.39 is 18.3 Å². The van der Waals surface area contributed by atoms with Gasteiger partial charge in [-0.3, -0.25) is 9.79 Å². The Balaban J connectivity index is 1.90. The van der Waals surface area contributed by atoms with Gasteiger partial charge in [0.25, 0.3) is 5.91 Å². The van der Waals surface area contributed by atoms with Crippen molar-refractivity contribution in [2.75, 3.05) is 13.1 Å². The van der Waals surface area contributed by atoms with Crippen molar-refractivity contribution in [3.05, 3.63) is 64.7 Å². The first kappa shape index (κ1) is 22.0. The molecule has 0 bridgehead atoms. The maximum atomic E-state index is 13.0. The number of nitrogens with one attached hydrogen (secondary N) is 1. The van der Waals surface area contributed by atoms with E-state index >= 15 is 0 Å². The zero-order valence-electron chi connectivity index (χ0n) is 16.2. The number of hydrogen-bond donors (Lipinski definition) is 1. The molecule has 8 heteroatoms. The highest BCUT2D eigenvalue weighted by molar-refractivity contribution is 6.33. The smallest absolute Gasteiger partial charge is 0.339 e. The average molecular weight is 436 g/mol. The van der Waals surface area contributed by atoms with Gasteiger partial charge < -0.3 is 10.3 Å². The van der Waals surface area contributed by atoms with Crippen LogP contribution in [0.1, 0.15) is 41.6 Å². The van der Waals surface area contributed by atoms with Crippen molar-refractivity contribution in [2.45, 2.75) is 31.9 Å². The second-order valence-electron chi connectivity index (χ2n) is 7.09. The fraction of sp³-hybridized carbons (Fsp3) is 0.318. The van der Waals surface area contributed by atoms with Crippen LogP contribution in [0.4, 0.5) is 18.9 Å². The molecule has 1 heterocycles. The quantitative estimate of drug-likeness (QED) is 0.570. The van der Waals surface area contributed by atoms with Crippen LogP contribution in [-0.4, -0.2) is 41.5 Å². The molecule has 0 atom stereocenters. The van der Waals surface area contributed by atoms with Crippen molar-refractivity contribution >= 4 is 34.6 Å². The van der Waals surface area contributed by atoms with Crippen LogP contribution < -0.4 is 0 Å². The van der Waals surface area contributed by atoms with Crippen molar-refractivity contribution in [3.8, 4) is 0 Å². The van der Waals surface area contributed by atoms with E-state index in [-0.39, 0.29) is 11.6 Å². The number of piperidine rings is 1. The third kappa shape index (κ3) is 5.48. The lowest BCUT2D eigenvalue weighted by atomic mass is 10.0. The zero-order chi connectivity index (χ0) is 21.7. The predicted octanol–water partition coefficient (Wildman–Crippen LogP) is 6.06. The van der Waals surface area contributed by atoms with Gasteiger partial charge in [0.2, 0.25) is 0 Å². The topological polar surface area (TPSA) is 56.5 Å². The van der Waals surface area contributed by atoms with Gasteiger partial charge in [-0.15, -0.1) is 0 Å². The number of nitrogens with zero attached hydrogens (tertiary/aromatic N) is 2. The van der Waals surface area contributed by atoms with Crippen LogP contribution in [0.2, 0.25) is 5.02 Å². The van der Waals surface area contributed by atoms with Gasteiger partial charge in [-0.1, -0.05) is 35.9 Å². The summed E-state index contributed by atoms with van der Waals surface area (Å²) in [5, 5.41) is 7.68. The lowest BCUT2D eigenvalue weighted by Crippen LogP contribution is -2.35. The summed E-state index contributed by atoms with van der Waals surface area (Å²) < 4.78 is 38.9. The molecule has 2 aromatic rings. The average Bonchev–Trinajstić information content (AvgIpc) is 2.74. The first-order valence-electron chi connectivity index (χ1n) is 9.62. The number of amides is 1. The number of rotatable bonds is 5. The Bertz CT molecular complexity index is 949. The molecule has 1 fully saturated rings. The van der Waals surface area contributed by atoms with Gasteiger partial charge in [0.05, 0.1) is 16.4 Å². The summed E-state index contributed by atoms with van der Waals surface area (Å²) >= 11 is 6.10. The van der Waals surface area contributed by atoms with Crippen molar-refractivity contribution in [1.82, 2.24) is 4.90 Å². The number of halogens is 4. The van der Waals surface area contributed by atoms with Crippen LogP contribution in [0.25, 0.3) is 0 Å². The van der Waals surface area contributed by atoms with Crippen LogP contribution in [0.15, 0.2) is 53.5 Å². The maximum Gasteiger partial charge on any atom is 0.429 e. The summed E-state index contributed by atoms with van der Waals surface area (Å²) in [7, 11) is 0. The van der Waals surface area contributed by atoms with Crippen LogP contribution >= 0.6 is 11.6 Å². The molecule has 4 nitrogen and oxygen atoms in total. The summed E-state index contributed by atoms with van der Waals surface area (Å²) in [5.41, 5.74) is -0.149. The van der Waals surface area contributed by atoms with E-state index in [9.17, 15) is 18.0 Å². The third-order valence-electron chi connectivity index (χ3n) is 4.90. The SMILES string of the molecule is N=C(CC(=Nc1ccccc1Cl)c1ccc(C(=O)N2CCCCC2)cc1)C(F)(F)F. The van der Waals surface area contributed by atoms with Crippen molar-refractivity contribution in [2.24, 2.45) is 4.99 Å². The lowest BCUT2D eigenvalue weighted by molar-refractivity contribution is -0.0605. The minimum absolute atomic E-state index is 0.0578. The number of benzene rings is 2. The summed E-state index contributed by atoms with van der Waals surface area (Å²) in [5.74, 6) is -0.0890. The van der Waals surface area contributed by atoms with Gasteiger partial charge in [-0.25, -0.2) is 0 Å². The van der Waals surface area contributed by atoms with E-state index in [0.717, 1.165) is 19.3 Å². The molecule has 1 amide bonds. The van der Waals surface area contributed by atoms with E-state index in [1.807, 2.05) is 0 Å². The summed E-state index contributed by atoms with van der Waals surface area (Å²) in [6, 6.07) is 12.9. The number of hydrogen-bond acceptors (Lipinski definition) is 3. The predicted molar refractivity (Wildman–Crippen MR) is 112 cm³/mol. The monoisotopic (exact) mass is 435 g/mol. The zero-order valence-corrected chi connectivity index (χ0v) is 16.9. The number of aliphatic imine (C=N–C) groups is 1. The number of likely N-dealkylation sites (tertiary alicyclic amines) is 1. The van der Waals surface area contributed by atoms with Crippen LogP contribution in [0.3, 0.4) is 0 Å². The van der Waals surface area contributed by atoms with Crippen molar-refractivity contribution < 1.29 is 18.0 Å². The first-order valence-corrected chi connectivity index (χ1v) is 10.00. The minimum Gasteiger partial charge on any atom is -0.339 e. The number of carbonyl (C=O) groups excluding carboxylic acids is 1. The normalized spacial score (nSPS) is 15.2. The Kier molecular flexibility index (Phi) is 6.92. The molecular formula is C22H21ClF3N3O. The van der Waals surface area contributed by atoms with E-state index in [0.29, 0.717) is 34.9 Å². The van der Waals surface area contributed by atoms with Crippen LogP contribution in [0, 0.1) is 5.41 Å². The number of carbonyl (C=O) groups is 1. The molecule has 0 unspecified atom stereocenters. The molecule has 3 rings (SSSR count). The van der Waals surface area contributed by atoms with E-state index in [1.165, 1.54) is 0 Å². The van der Waals surface area contributed by atoms with Gasteiger partial charge in [0.1, 0.15) is 5.71 Å². The van der Waals surface area contributed by atoms with Gasteiger partial charge in [-0.2, -0.15) is 13.2 Å². The molecule has 1 saturated heterocycles. The Morgan fingerprint density at radius 1 is 1.00 bits per heavy atom. The molecule has 2 aromatic carbocycles. The molecule has 158 valence electrons. The van der Waals surface area contributed by atoms with Gasteiger partial charge in [0.15, 0.2) is 0 Å². The minimum atomic E-state index is -4.74. The van der Waals surface area contributed by atoms with Crippen LogP contribution in [-0.2, 0) is 0 Å². The third-order valence-corrected chi connectivity index (χ3v) is 5.22. The molecule has 30 heavy (non-hydrogen) atoms. The molecule has 0 radical (unpaired) electrons. The van der Waals surface area contributed by atoms with Crippen molar-refractivity contribution in [1.29, 1.82) is 5.41 Å². The van der Waals surface area contributed by atoms with Crippen molar-refractivity contribution in [3.63, 3.8) is 0 Å². The molecule has 1 N–H and O–H groups in total. The Morgan fingerprint density at radius 2 is 1.60 bits per heavy atom. The van der Waals surface area contributed by atoms with E-state index in [2.05, 4.69) is 4.99 Å². The molecule has 0 saturated carbocycles. The number of para-hydroxylation sites is 1. The molecule has 0 aliphatic carbocycles. The fourth-order valence-electron chi connectivity index (χ4n) is 3.25. The van der Waals surface area contributed by atoms with E-state index in [1.54, 1.807) is 53.4 Å². The first-order chi connectivity index (χ1) is 14.3. The molecule has 1 aliphatic rings. The summed E-state index contributed by atoms with van der Waals surface area (Å²) in [6.07, 6.45) is -2.40. The lowest BCUT2D eigenvalue weighted by Gasteiger charge is -2.26. The Hall–Kier alpha value is -2.67. The Morgan fingerprint density at radius 3 is 2.20 bits per heavy atom. The summed E-state index contributed by atoms with van der Waals surface area (Å²) in [4.78, 5) is 18.7. The standard InChI is InChI=1S/C22H21ClF3N3O/c23-17-6-2-3-7-18(17)28-19(14-20(27)22(24,25)26)15-8-10-16(11-9-15)21(30)29-12-4-1-5-13-29/h2-3,6-11,27H,1,4-5,12-14H2. The largest absolute Gasteiger partial charge is 0.429 e. The van der Waals surface area contributed by atoms with Gasteiger partial charge in [-0.05, 0) is 49.1 Å². The highest BCUT2D eigenvalue weighted by Crippen LogP contribution is 2.27. The van der Waals surface area contributed by atoms with E-state index in [4.69, 9.17) is 17.0 Å².